The molecule has 0 saturated heterocycles. The van der Waals surface area contributed by atoms with Crippen molar-refractivity contribution in [1.82, 2.24) is 5.32 Å². The number of aliphatic hydroxyl groups excluding tert-OH is 1. The van der Waals surface area contributed by atoms with E-state index in [1.807, 2.05) is 0 Å². The normalized spacial score (nSPS) is 23.0. The van der Waals surface area contributed by atoms with Gasteiger partial charge in [0.15, 0.2) is 0 Å². The van der Waals surface area contributed by atoms with Crippen molar-refractivity contribution in [3.8, 4) is 5.75 Å². The van der Waals surface area contributed by atoms with Gasteiger partial charge in [0.1, 0.15) is 5.75 Å². The van der Waals surface area contributed by atoms with Crippen molar-refractivity contribution in [3.05, 3.63) is 29.8 Å². The maximum absolute atomic E-state index is 12.0. The molecule has 0 aromatic heterocycles. The Morgan fingerprint density at radius 3 is 2.65 bits per heavy atom. The van der Waals surface area contributed by atoms with Crippen molar-refractivity contribution in [3.63, 3.8) is 0 Å². The minimum Gasteiger partial charge on any atom is -0.435 e. The largest absolute Gasteiger partial charge is 0.435 e. The summed E-state index contributed by atoms with van der Waals surface area (Å²) >= 11 is 0. The molecule has 0 aliphatic heterocycles. The average molecular weight is 285 g/mol. The standard InChI is InChI=1S/C15H21F2NO2/c16-15(17)20-14-6-4-11(5-7-14)9-18-10-12-2-1-3-13(19)8-12/h4-7,12-13,15,18-19H,1-3,8-10H2. The molecule has 0 radical (unpaired) electrons. The number of benzene rings is 1. The van der Waals surface area contributed by atoms with E-state index in [2.05, 4.69) is 10.1 Å². The molecule has 2 atom stereocenters. The van der Waals surface area contributed by atoms with Crippen LogP contribution in [0.25, 0.3) is 0 Å². The number of alkyl halides is 2. The number of nitrogens with one attached hydrogen (secondary N) is 1. The molecule has 1 aromatic carbocycles. The molecule has 1 aliphatic carbocycles. The molecule has 3 nitrogen and oxygen atoms in total. The van der Waals surface area contributed by atoms with Gasteiger partial charge in [-0.1, -0.05) is 18.6 Å². The number of halogens is 2. The van der Waals surface area contributed by atoms with Crippen LogP contribution in [0.15, 0.2) is 24.3 Å². The molecule has 2 N–H and O–H groups in total. The quantitative estimate of drug-likeness (QED) is 0.844. The Hall–Kier alpha value is -1.20. The summed E-state index contributed by atoms with van der Waals surface area (Å²) in [7, 11) is 0. The van der Waals surface area contributed by atoms with E-state index < -0.39 is 6.61 Å². The van der Waals surface area contributed by atoms with Crippen LogP contribution in [0.5, 0.6) is 5.75 Å². The van der Waals surface area contributed by atoms with Gasteiger partial charge in [-0.3, -0.25) is 0 Å². The Kier molecular flexibility index (Phi) is 5.73. The highest BCUT2D eigenvalue weighted by Crippen LogP contribution is 2.23. The first-order valence-electron chi connectivity index (χ1n) is 7.06. The molecular weight excluding hydrogens is 264 g/mol. The zero-order valence-electron chi connectivity index (χ0n) is 11.4. The third-order valence-electron chi connectivity index (χ3n) is 3.67. The Morgan fingerprint density at radius 1 is 1.25 bits per heavy atom. The molecule has 1 aromatic rings. The van der Waals surface area contributed by atoms with Crippen LogP contribution in [0.4, 0.5) is 8.78 Å². The molecule has 0 amide bonds. The van der Waals surface area contributed by atoms with Crippen molar-refractivity contribution in [2.75, 3.05) is 6.54 Å². The molecular formula is C15H21F2NO2. The predicted octanol–water partition coefficient (Wildman–Crippen LogP) is 2.93. The highest BCUT2D eigenvalue weighted by Gasteiger charge is 2.19. The topological polar surface area (TPSA) is 41.5 Å². The first-order valence-corrected chi connectivity index (χ1v) is 7.06. The summed E-state index contributed by atoms with van der Waals surface area (Å²) in [5, 5.41) is 12.9. The first kappa shape index (κ1) is 15.2. The number of aliphatic hydroxyl groups is 1. The lowest BCUT2D eigenvalue weighted by Gasteiger charge is -2.26. The Balaban J connectivity index is 1.71. The Morgan fingerprint density at radius 2 is 2.00 bits per heavy atom. The zero-order chi connectivity index (χ0) is 14.4. The van der Waals surface area contributed by atoms with E-state index in [0.717, 1.165) is 37.8 Å². The van der Waals surface area contributed by atoms with Crippen molar-refractivity contribution in [2.45, 2.75) is 44.9 Å². The van der Waals surface area contributed by atoms with Crippen LogP contribution >= 0.6 is 0 Å². The van der Waals surface area contributed by atoms with Gasteiger partial charge < -0.3 is 15.2 Å². The SMILES string of the molecule is OC1CCCC(CNCc2ccc(OC(F)F)cc2)C1. The maximum atomic E-state index is 12.0. The van der Waals surface area contributed by atoms with Crippen LogP contribution in [0, 0.1) is 5.92 Å². The van der Waals surface area contributed by atoms with Crippen molar-refractivity contribution < 1.29 is 18.6 Å². The molecule has 5 heteroatoms. The molecule has 0 bridgehead atoms. The summed E-state index contributed by atoms with van der Waals surface area (Å²) in [4.78, 5) is 0. The summed E-state index contributed by atoms with van der Waals surface area (Å²) in [5.41, 5.74) is 1.03. The van der Waals surface area contributed by atoms with Gasteiger partial charge in [0.25, 0.3) is 0 Å². The van der Waals surface area contributed by atoms with Gasteiger partial charge in [-0.25, -0.2) is 0 Å². The van der Waals surface area contributed by atoms with E-state index in [-0.39, 0.29) is 11.9 Å². The third kappa shape index (κ3) is 5.06. The third-order valence-corrected chi connectivity index (χ3v) is 3.67. The number of rotatable bonds is 6. The Bertz CT molecular complexity index is 397. The summed E-state index contributed by atoms with van der Waals surface area (Å²) < 4.78 is 28.3. The maximum Gasteiger partial charge on any atom is 0.387 e. The molecule has 20 heavy (non-hydrogen) atoms. The van der Waals surface area contributed by atoms with Crippen molar-refractivity contribution >= 4 is 0 Å². The minimum atomic E-state index is -2.78. The molecule has 112 valence electrons. The van der Waals surface area contributed by atoms with Crippen LogP contribution in [0.3, 0.4) is 0 Å². The fraction of sp³-hybridized carbons (Fsp3) is 0.600. The predicted molar refractivity (Wildman–Crippen MR) is 72.7 cm³/mol. The van der Waals surface area contributed by atoms with Crippen LogP contribution in [-0.2, 0) is 6.54 Å². The first-order chi connectivity index (χ1) is 9.63. The van der Waals surface area contributed by atoms with Gasteiger partial charge in [0.2, 0.25) is 0 Å². The second-order valence-corrected chi connectivity index (χ2v) is 5.34. The summed E-state index contributed by atoms with van der Waals surface area (Å²) in [6, 6.07) is 6.65. The van der Waals surface area contributed by atoms with E-state index in [0.29, 0.717) is 12.5 Å². The second-order valence-electron chi connectivity index (χ2n) is 5.34. The van der Waals surface area contributed by atoms with Crippen LogP contribution in [0.2, 0.25) is 0 Å². The summed E-state index contributed by atoms with van der Waals surface area (Å²) in [6.45, 7) is -1.20. The van der Waals surface area contributed by atoms with Gasteiger partial charge in [-0.05, 0) is 49.4 Å². The van der Waals surface area contributed by atoms with Gasteiger partial charge in [0.05, 0.1) is 6.10 Å². The van der Waals surface area contributed by atoms with Crippen molar-refractivity contribution in [1.29, 1.82) is 0 Å². The molecule has 2 unspecified atom stereocenters. The molecule has 0 spiro atoms. The van der Waals surface area contributed by atoms with E-state index in [9.17, 15) is 13.9 Å². The molecule has 1 aliphatic rings. The lowest BCUT2D eigenvalue weighted by molar-refractivity contribution is -0.0498. The highest BCUT2D eigenvalue weighted by atomic mass is 19.3. The molecule has 1 fully saturated rings. The van der Waals surface area contributed by atoms with Crippen LogP contribution < -0.4 is 10.1 Å². The molecule has 2 rings (SSSR count). The highest BCUT2D eigenvalue weighted by molar-refractivity contribution is 5.27. The van der Waals surface area contributed by atoms with Gasteiger partial charge >= 0.3 is 6.61 Å². The fourth-order valence-corrected chi connectivity index (χ4v) is 2.66. The number of ether oxygens (including phenoxy) is 1. The fourth-order valence-electron chi connectivity index (χ4n) is 2.66. The van der Waals surface area contributed by atoms with Crippen LogP contribution in [-0.4, -0.2) is 24.4 Å². The molecule has 1 saturated carbocycles. The minimum absolute atomic E-state index is 0.152. The van der Waals surface area contributed by atoms with Crippen LogP contribution in [0.1, 0.15) is 31.2 Å². The lowest BCUT2D eigenvalue weighted by Crippen LogP contribution is -2.28. The number of hydrogen-bond acceptors (Lipinski definition) is 3. The van der Waals surface area contributed by atoms with E-state index >= 15 is 0 Å². The van der Waals surface area contributed by atoms with E-state index in [1.165, 1.54) is 0 Å². The van der Waals surface area contributed by atoms with Crippen molar-refractivity contribution in [2.24, 2.45) is 5.92 Å². The van der Waals surface area contributed by atoms with Gasteiger partial charge in [-0.15, -0.1) is 0 Å². The monoisotopic (exact) mass is 285 g/mol. The average Bonchev–Trinajstić information content (AvgIpc) is 2.40. The van der Waals surface area contributed by atoms with Gasteiger partial charge in [-0.2, -0.15) is 8.78 Å². The van der Waals surface area contributed by atoms with E-state index in [1.54, 1.807) is 24.3 Å². The zero-order valence-corrected chi connectivity index (χ0v) is 11.4. The van der Waals surface area contributed by atoms with Gasteiger partial charge in [0, 0.05) is 6.54 Å². The smallest absolute Gasteiger partial charge is 0.387 e. The second kappa shape index (κ2) is 7.55. The molecule has 0 heterocycles. The Labute approximate surface area is 117 Å². The van der Waals surface area contributed by atoms with E-state index in [4.69, 9.17) is 0 Å². The lowest BCUT2D eigenvalue weighted by atomic mass is 9.87. The summed E-state index contributed by atoms with van der Waals surface area (Å²) in [5.74, 6) is 0.708. The number of hydrogen-bond donors (Lipinski definition) is 2. The summed E-state index contributed by atoms with van der Waals surface area (Å²) in [6.07, 6.45) is 3.88.